The highest BCUT2D eigenvalue weighted by atomic mass is 16.7. The van der Waals surface area contributed by atoms with E-state index in [0.717, 1.165) is 5.56 Å². The molecule has 1 N–H and O–H groups in total. The number of hydrogen-bond acceptors (Lipinski definition) is 4. The molecule has 0 aliphatic rings. The Morgan fingerprint density at radius 2 is 1.65 bits per heavy atom. The number of rotatable bonds is 9. The summed E-state index contributed by atoms with van der Waals surface area (Å²) in [5.74, 6) is 0. The van der Waals surface area contributed by atoms with E-state index in [4.69, 9.17) is 9.47 Å². The van der Waals surface area contributed by atoms with Crippen LogP contribution in [0.3, 0.4) is 0 Å². The van der Waals surface area contributed by atoms with Gasteiger partial charge in [-0.2, -0.15) is 0 Å². The predicted octanol–water partition coefficient (Wildman–Crippen LogP) is 2.44. The molecule has 114 valence electrons. The Labute approximate surface area is 122 Å². The topological polar surface area (TPSA) is 41.9 Å². The van der Waals surface area contributed by atoms with Gasteiger partial charge < -0.3 is 14.6 Å². The summed E-state index contributed by atoms with van der Waals surface area (Å²) in [5.41, 5.74) is 0.927. The van der Waals surface area contributed by atoms with Gasteiger partial charge in [0.25, 0.3) is 0 Å². The SMILES string of the molecule is CCOC(CN(C)[C@@H](C)[C@H](O)c1ccccc1)OCC. The van der Waals surface area contributed by atoms with Crippen LogP contribution in [0.5, 0.6) is 0 Å². The highest BCUT2D eigenvalue weighted by molar-refractivity contribution is 5.18. The quantitative estimate of drug-likeness (QED) is 0.706. The third kappa shape index (κ3) is 5.21. The van der Waals surface area contributed by atoms with Crippen LogP contribution in [0, 0.1) is 0 Å². The van der Waals surface area contributed by atoms with Crippen LogP contribution < -0.4 is 0 Å². The number of likely N-dealkylation sites (N-methyl/N-ethyl adjacent to an activating group) is 1. The van der Waals surface area contributed by atoms with E-state index >= 15 is 0 Å². The summed E-state index contributed by atoms with van der Waals surface area (Å²) in [7, 11) is 1.97. The Balaban J connectivity index is 2.58. The van der Waals surface area contributed by atoms with Crippen molar-refractivity contribution in [3.8, 4) is 0 Å². The van der Waals surface area contributed by atoms with Crippen molar-refractivity contribution in [1.29, 1.82) is 0 Å². The van der Waals surface area contributed by atoms with E-state index < -0.39 is 6.10 Å². The molecule has 2 atom stereocenters. The molecular weight excluding hydrogens is 254 g/mol. The first-order valence-corrected chi connectivity index (χ1v) is 7.26. The normalized spacial score (nSPS) is 14.8. The Bertz CT molecular complexity index is 352. The average Bonchev–Trinajstić information content (AvgIpc) is 2.47. The van der Waals surface area contributed by atoms with Crippen molar-refractivity contribution in [3.63, 3.8) is 0 Å². The van der Waals surface area contributed by atoms with E-state index in [-0.39, 0.29) is 12.3 Å². The second-order valence-corrected chi connectivity index (χ2v) is 4.88. The lowest BCUT2D eigenvalue weighted by Gasteiger charge is -2.31. The van der Waals surface area contributed by atoms with Crippen molar-refractivity contribution in [2.75, 3.05) is 26.8 Å². The molecule has 0 radical (unpaired) electrons. The molecule has 1 aromatic rings. The molecule has 0 saturated heterocycles. The van der Waals surface area contributed by atoms with Crippen molar-refractivity contribution in [2.24, 2.45) is 0 Å². The van der Waals surface area contributed by atoms with Crippen molar-refractivity contribution in [1.82, 2.24) is 4.90 Å². The van der Waals surface area contributed by atoms with Gasteiger partial charge in [-0.25, -0.2) is 0 Å². The molecule has 1 rings (SSSR count). The second-order valence-electron chi connectivity index (χ2n) is 4.88. The standard InChI is InChI=1S/C16H27NO3/c1-5-19-15(20-6-2)12-17(4)13(3)16(18)14-10-8-7-9-11-14/h7-11,13,15-16,18H,5-6,12H2,1-4H3/t13-,16-/m0/s1. The van der Waals surface area contributed by atoms with Crippen LogP contribution in [0.2, 0.25) is 0 Å². The molecule has 0 aromatic heterocycles. The summed E-state index contributed by atoms with van der Waals surface area (Å²) in [4.78, 5) is 2.06. The van der Waals surface area contributed by atoms with E-state index in [1.54, 1.807) is 0 Å². The molecule has 0 saturated carbocycles. The molecule has 0 fully saturated rings. The number of hydrogen-bond donors (Lipinski definition) is 1. The van der Waals surface area contributed by atoms with Crippen LogP contribution in [0.1, 0.15) is 32.4 Å². The van der Waals surface area contributed by atoms with Gasteiger partial charge in [-0.05, 0) is 33.4 Å². The lowest BCUT2D eigenvalue weighted by Crippen LogP contribution is -2.41. The van der Waals surface area contributed by atoms with Gasteiger partial charge >= 0.3 is 0 Å². The van der Waals surface area contributed by atoms with Crippen LogP contribution in [-0.4, -0.2) is 49.1 Å². The van der Waals surface area contributed by atoms with Crippen LogP contribution >= 0.6 is 0 Å². The molecule has 0 unspecified atom stereocenters. The maximum Gasteiger partial charge on any atom is 0.170 e. The molecule has 0 spiro atoms. The largest absolute Gasteiger partial charge is 0.387 e. The first-order chi connectivity index (χ1) is 9.60. The molecular formula is C16H27NO3. The van der Waals surface area contributed by atoms with E-state index in [9.17, 15) is 5.11 Å². The molecule has 1 aromatic carbocycles. The molecule has 4 nitrogen and oxygen atoms in total. The number of aliphatic hydroxyl groups is 1. The maximum absolute atomic E-state index is 10.4. The molecule has 0 amide bonds. The Kier molecular flexibility index (Phi) is 7.77. The fraction of sp³-hybridized carbons (Fsp3) is 0.625. The van der Waals surface area contributed by atoms with Crippen LogP contribution in [0.15, 0.2) is 30.3 Å². The van der Waals surface area contributed by atoms with Crippen LogP contribution in [0.25, 0.3) is 0 Å². The number of benzene rings is 1. The Morgan fingerprint density at radius 1 is 1.10 bits per heavy atom. The van der Waals surface area contributed by atoms with Gasteiger partial charge in [0.05, 0.1) is 6.10 Å². The molecule has 0 aliphatic carbocycles. The van der Waals surface area contributed by atoms with Crippen molar-refractivity contribution < 1.29 is 14.6 Å². The fourth-order valence-corrected chi connectivity index (χ4v) is 2.10. The lowest BCUT2D eigenvalue weighted by atomic mass is 10.0. The number of nitrogens with zero attached hydrogens (tertiary/aromatic N) is 1. The molecule has 0 bridgehead atoms. The predicted molar refractivity (Wildman–Crippen MR) is 80.5 cm³/mol. The average molecular weight is 281 g/mol. The third-order valence-corrected chi connectivity index (χ3v) is 3.44. The smallest absolute Gasteiger partial charge is 0.170 e. The van der Waals surface area contributed by atoms with E-state index in [1.807, 2.05) is 58.2 Å². The Morgan fingerprint density at radius 3 is 2.15 bits per heavy atom. The summed E-state index contributed by atoms with van der Waals surface area (Å²) < 4.78 is 11.1. The molecule has 20 heavy (non-hydrogen) atoms. The number of aliphatic hydroxyl groups excluding tert-OH is 1. The van der Waals surface area contributed by atoms with E-state index in [1.165, 1.54) is 0 Å². The minimum atomic E-state index is -0.523. The van der Waals surface area contributed by atoms with Gasteiger partial charge in [-0.1, -0.05) is 30.3 Å². The maximum atomic E-state index is 10.4. The monoisotopic (exact) mass is 281 g/mol. The number of ether oxygens (including phenoxy) is 2. The lowest BCUT2D eigenvalue weighted by molar-refractivity contribution is -0.150. The van der Waals surface area contributed by atoms with Crippen molar-refractivity contribution >= 4 is 0 Å². The molecule has 0 aliphatic heterocycles. The zero-order valence-corrected chi connectivity index (χ0v) is 13.0. The van der Waals surface area contributed by atoms with Crippen molar-refractivity contribution in [3.05, 3.63) is 35.9 Å². The van der Waals surface area contributed by atoms with Gasteiger partial charge in [0, 0.05) is 25.8 Å². The summed E-state index contributed by atoms with van der Waals surface area (Å²) >= 11 is 0. The third-order valence-electron chi connectivity index (χ3n) is 3.44. The van der Waals surface area contributed by atoms with Gasteiger partial charge in [-0.3, -0.25) is 4.90 Å². The molecule has 4 heteroatoms. The fourth-order valence-electron chi connectivity index (χ4n) is 2.10. The highest BCUT2D eigenvalue weighted by Crippen LogP contribution is 2.20. The minimum absolute atomic E-state index is 0.0131. The highest BCUT2D eigenvalue weighted by Gasteiger charge is 2.23. The summed E-state index contributed by atoms with van der Waals surface area (Å²) in [5, 5.41) is 10.4. The van der Waals surface area contributed by atoms with Crippen molar-refractivity contribution in [2.45, 2.75) is 39.2 Å². The van der Waals surface area contributed by atoms with E-state index in [0.29, 0.717) is 19.8 Å². The van der Waals surface area contributed by atoms with Gasteiger partial charge in [0.15, 0.2) is 6.29 Å². The molecule has 0 heterocycles. The minimum Gasteiger partial charge on any atom is -0.387 e. The van der Waals surface area contributed by atoms with Crippen LogP contribution in [-0.2, 0) is 9.47 Å². The van der Waals surface area contributed by atoms with Gasteiger partial charge in [-0.15, -0.1) is 0 Å². The van der Waals surface area contributed by atoms with Crippen LogP contribution in [0.4, 0.5) is 0 Å². The Hall–Kier alpha value is -0.940. The second kappa shape index (κ2) is 9.08. The zero-order valence-electron chi connectivity index (χ0n) is 13.0. The summed E-state index contributed by atoms with van der Waals surface area (Å²) in [6.07, 6.45) is -0.773. The first kappa shape index (κ1) is 17.1. The summed E-state index contributed by atoms with van der Waals surface area (Å²) in [6, 6.07) is 9.70. The zero-order chi connectivity index (χ0) is 15.0. The summed E-state index contributed by atoms with van der Waals surface area (Å²) in [6.45, 7) is 7.78. The first-order valence-electron chi connectivity index (χ1n) is 7.26. The van der Waals surface area contributed by atoms with Gasteiger partial charge in [0.1, 0.15) is 0 Å². The van der Waals surface area contributed by atoms with Gasteiger partial charge in [0.2, 0.25) is 0 Å². The van der Waals surface area contributed by atoms with E-state index in [2.05, 4.69) is 4.90 Å².